The Bertz CT molecular complexity index is 402. The number of ketones is 1. The molecule has 0 aliphatic carbocycles. The van der Waals surface area contributed by atoms with Gasteiger partial charge in [0.1, 0.15) is 5.69 Å². The van der Waals surface area contributed by atoms with E-state index >= 15 is 0 Å². The Hall–Kier alpha value is -1.40. The van der Waals surface area contributed by atoms with Crippen LogP contribution in [0.1, 0.15) is 10.5 Å². The van der Waals surface area contributed by atoms with Gasteiger partial charge < -0.3 is 15.2 Å². The highest BCUT2D eigenvalue weighted by molar-refractivity contribution is 5.99. The van der Waals surface area contributed by atoms with Crippen molar-refractivity contribution in [2.75, 3.05) is 20.3 Å². The Morgan fingerprint density at radius 1 is 1.69 bits per heavy atom. The number of carbonyl (C=O) groups is 1. The number of hydrogen-bond donors (Lipinski definition) is 1. The molecule has 0 bridgehead atoms. The third-order valence-corrected chi connectivity index (χ3v) is 2.82. The molecule has 0 amide bonds. The minimum Gasteiger partial charge on any atom is -0.493 e. The van der Waals surface area contributed by atoms with E-state index in [1.165, 1.54) is 18.0 Å². The Labute approximate surface area is 93.3 Å². The molecule has 1 fully saturated rings. The molecule has 2 rings (SSSR count). The van der Waals surface area contributed by atoms with Gasteiger partial charge in [-0.15, -0.1) is 0 Å². The molecular formula is C10H15N3O3. The molecule has 6 heteroatoms. The number of carbonyl (C=O) groups excluding carboxylic acids is 1. The minimum absolute atomic E-state index is 0.0677. The fourth-order valence-corrected chi connectivity index (χ4v) is 1.86. The van der Waals surface area contributed by atoms with Crippen LogP contribution in [0.2, 0.25) is 0 Å². The molecule has 0 radical (unpaired) electrons. The van der Waals surface area contributed by atoms with Crippen LogP contribution in [0.4, 0.5) is 0 Å². The molecule has 1 saturated heterocycles. The number of Topliss-reactive ketones (excluding diaryl/α,β-unsaturated/α-hetero) is 1. The lowest BCUT2D eigenvalue weighted by Crippen LogP contribution is -2.35. The molecule has 2 heterocycles. The number of aryl methyl sites for hydroxylation is 1. The van der Waals surface area contributed by atoms with Crippen LogP contribution in [-0.2, 0) is 11.8 Å². The number of nitrogens with two attached hydrogens (primary N) is 1. The van der Waals surface area contributed by atoms with E-state index in [4.69, 9.17) is 15.2 Å². The Kier molecular flexibility index (Phi) is 2.93. The maximum atomic E-state index is 12.2. The van der Waals surface area contributed by atoms with Gasteiger partial charge in [-0.3, -0.25) is 9.48 Å². The first-order valence-corrected chi connectivity index (χ1v) is 5.08. The summed E-state index contributed by atoms with van der Waals surface area (Å²) in [5.41, 5.74) is 6.26. The smallest absolute Gasteiger partial charge is 0.191 e. The Balaban J connectivity index is 2.29. The molecule has 2 atom stereocenters. The lowest BCUT2D eigenvalue weighted by molar-refractivity contribution is 0.0883. The zero-order valence-electron chi connectivity index (χ0n) is 9.34. The van der Waals surface area contributed by atoms with Crippen LogP contribution in [-0.4, -0.2) is 41.9 Å². The van der Waals surface area contributed by atoms with Crippen molar-refractivity contribution in [3.8, 4) is 5.75 Å². The second kappa shape index (κ2) is 4.23. The predicted molar refractivity (Wildman–Crippen MR) is 56.4 cm³/mol. The molecule has 0 aromatic carbocycles. The van der Waals surface area contributed by atoms with Crippen molar-refractivity contribution in [1.82, 2.24) is 9.78 Å². The van der Waals surface area contributed by atoms with Gasteiger partial charge in [0.05, 0.1) is 32.4 Å². The molecule has 16 heavy (non-hydrogen) atoms. The van der Waals surface area contributed by atoms with Crippen LogP contribution < -0.4 is 10.5 Å². The SMILES string of the molecule is COc1cnn(C)c1C(=O)C1COCC1N. The van der Waals surface area contributed by atoms with Crippen LogP contribution in [0.15, 0.2) is 6.20 Å². The molecule has 2 N–H and O–H groups in total. The van der Waals surface area contributed by atoms with Crippen molar-refractivity contribution in [2.24, 2.45) is 18.7 Å². The molecule has 6 nitrogen and oxygen atoms in total. The Morgan fingerprint density at radius 3 is 3.00 bits per heavy atom. The van der Waals surface area contributed by atoms with E-state index in [1.807, 2.05) is 0 Å². The van der Waals surface area contributed by atoms with Gasteiger partial charge in [0.25, 0.3) is 0 Å². The molecule has 1 aliphatic heterocycles. The third-order valence-electron chi connectivity index (χ3n) is 2.82. The average molecular weight is 225 g/mol. The van der Waals surface area contributed by atoms with Gasteiger partial charge in [0.15, 0.2) is 11.5 Å². The predicted octanol–water partition coefficient (Wildman–Crippen LogP) is -0.415. The standard InChI is InChI=1S/C10H15N3O3/c1-13-9(8(15-2)3-12-13)10(14)6-4-16-5-7(6)11/h3,6-7H,4-5,11H2,1-2H3. The summed E-state index contributed by atoms with van der Waals surface area (Å²) in [5, 5.41) is 3.99. The Morgan fingerprint density at radius 2 is 2.44 bits per heavy atom. The van der Waals surface area contributed by atoms with Gasteiger partial charge in [0.2, 0.25) is 0 Å². The fraction of sp³-hybridized carbons (Fsp3) is 0.600. The van der Waals surface area contributed by atoms with E-state index in [-0.39, 0.29) is 17.7 Å². The molecule has 1 aromatic rings. The maximum absolute atomic E-state index is 12.2. The molecule has 1 aromatic heterocycles. The van der Waals surface area contributed by atoms with Crippen molar-refractivity contribution in [3.63, 3.8) is 0 Å². The molecule has 0 spiro atoms. The van der Waals surface area contributed by atoms with Crippen molar-refractivity contribution in [2.45, 2.75) is 6.04 Å². The van der Waals surface area contributed by atoms with Gasteiger partial charge in [-0.25, -0.2) is 0 Å². The molecule has 0 saturated carbocycles. The number of aromatic nitrogens is 2. The number of hydrogen-bond acceptors (Lipinski definition) is 5. The zero-order chi connectivity index (χ0) is 11.7. The van der Waals surface area contributed by atoms with Crippen molar-refractivity contribution >= 4 is 5.78 Å². The molecule has 2 unspecified atom stereocenters. The second-order valence-corrected chi connectivity index (χ2v) is 3.86. The summed E-state index contributed by atoms with van der Waals surface area (Å²) in [4.78, 5) is 12.2. The summed E-state index contributed by atoms with van der Waals surface area (Å²) in [5.74, 6) is 0.109. The summed E-state index contributed by atoms with van der Waals surface area (Å²) in [6.07, 6.45) is 1.52. The van der Waals surface area contributed by atoms with E-state index in [9.17, 15) is 4.79 Å². The maximum Gasteiger partial charge on any atom is 0.191 e. The van der Waals surface area contributed by atoms with Crippen LogP contribution in [0, 0.1) is 5.92 Å². The summed E-state index contributed by atoms with van der Waals surface area (Å²) >= 11 is 0. The first-order valence-electron chi connectivity index (χ1n) is 5.08. The molecular weight excluding hydrogens is 210 g/mol. The van der Waals surface area contributed by atoms with Gasteiger partial charge in [-0.2, -0.15) is 5.10 Å². The normalized spacial score (nSPS) is 24.7. The van der Waals surface area contributed by atoms with Gasteiger partial charge >= 0.3 is 0 Å². The molecule has 1 aliphatic rings. The lowest BCUT2D eigenvalue weighted by Gasteiger charge is -2.12. The average Bonchev–Trinajstić information content (AvgIpc) is 2.83. The molecule has 88 valence electrons. The van der Waals surface area contributed by atoms with Crippen molar-refractivity contribution in [3.05, 3.63) is 11.9 Å². The van der Waals surface area contributed by atoms with Crippen LogP contribution >= 0.6 is 0 Å². The summed E-state index contributed by atoms with van der Waals surface area (Å²) < 4.78 is 11.8. The summed E-state index contributed by atoms with van der Waals surface area (Å²) in [6, 6.07) is -0.243. The van der Waals surface area contributed by atoms with Gasteiger partial charge in [-0.1, -0.05) is 0 Å². The quantitative estimate of drug-likeness (QED) is 0.707. The van der Waals surface area contributed by atoms with E-state index in [0.717, 1.165) is 0 Å². The largest absolute Gasteiger partial charge is 0.493 e. The van der Waals surface area contributed by atoms with Crippen LogP contribution in [0.5, 0.6) is 5.75 Å². The second-order valence-electron chi connectivity index (χ2n) is 3.86. The first kappa shape index (κ1) is 11.1. The van der Waals surface area contributed by atoms with Crippen molar-refractivity contribution < 1.29 is 14.3 Å². The topological polar surface area (TPSA) is 79.4 Å². The van der Waals surface area contributed by atoms with Gasteiger partial charge in [0, 0.05) is 13.1 Å². The zero-order valence-corrected chi connectivity index (χ0v) is 9.34. The van der Waals surface area contributed by atoms with E-state index in [1.54, 1.807) is 7.05 Å². The van der Waals surface area contributed by atoms with Gasteiger partial charge in [-0.05, 0) is 0 Å². The highest BCUT2D eigenvalue weighted by atomic mass is 16.5. The minimum atomic E-state index is -0.302. The summed E-state index contributed by atoms with van der Waals surface area (Å²) in [6.45, 7) is 0.797. The fourth-order valence-electron chi connectivity index (χ4n) is 1.86. The van der Waals surface area contributed by atoms with E-state index < -0.39 is 0 Å². The lowest BCUT2D eigenvalue weighted by atomic mass is 9.97. The monoisotopic (exact) mass is 225 g/mol. The van der Waals surface area contributed by atoms with Crippen LogP contribution in [0.25, 0.3) is 0 Å². The van der Waals surface area contributed by atoms with Crippen molar-refractivity contribution in [1.29, 1.82) is 0 Å². The number of rotatable bonds is 3. The number of methoxy groups -OCH3 is 1. The van der Waals surface area contributed by atoms with E-state index in [2.05, 4.69) is 5.10 Å². The third kappa shape index (κ3) is 1.70. The number of ether oxygens (including phenoxy) is 2. The first-order chi connectivity index (χ1) is 7.65. The number of nitrogens with zero attached hydrogens (tertiary/aromatic N) is 2. The summed E-state index contributed by atoms with van der Waals surface area (Å²) in [7, 11) is 3.22. The highest BCUT2D eigenvalue weighted by Gasteiger charge is 2.35. The van der Waals surface area contributed by atoms with E-state index in [0.29, 0.717) is 24.7 Å². The highest BCUT2D eigenvalue weighted by Crippen LogP contribution is 2.24. The van der Waals surface area contributed by atoms with Crippen LogP contribution in [0.3, 0.4) is 0 Å².